The van der Waals surface area contributed by atoms with Crippen LogP contribution in [0.15, 0.2) is 53.9 Å². The van der Waals surface area contributed by atoms with Gasteiger partial charge in [0, 0.05) is 24.1 Å². The highest BCUT2D eigenvalue weighted by Gasteiger charge is 2.13. The quantitative estimate of drug-likeness (QED) is 0.555. The number of aryl methyl sites for hydroxylation is 2. The lowest BCUT2D eigenvalue weighted by Gasteiger charge is -2.16. The van der Waals surface area contributed by atoms with Gasteiger partial charge >= 0.3 is 6.09 Å². The Morgan fingerprint density at radius 3 is 2.55 bits per heavy atom. The number of hydrogen-bond acceptors (Lipinski definition) is 6. The number of nitrogens with one attached hydrogen (secondary N) is 1. The second kappa shape index (κ2) is 10.1. The van der Waals surface area contributed by atoms with Gasteiger partial charge in [-0.2, -0.15) is 0 Å². The largest absolute Gasteiger partial charge is 0.449 e. The van der Waals surface area contributed by atoms with Gasteiger partial charge in [-0.05, 0) is 68.3 Å². The van der Waals surface area contributed by atoms with Crippen molar-refractivity contribution in [3.8, 4) is 5.69 Å². The van der Waals surface area contributed by atoms with Gasteiger partial charge in [-0.3, -0.25) is 14.3 Å². The van der Waals surface area contributed by atoms with Gasteiger partial charge in [0.05, 0.1) is 12.4 Å². The number of aromatic nitrogens is 3. The summed E-state index contributed by atoms with van der Waals surface area (Å²) in [5.41, 5.74) is 4.66. The summed E-state index contributed by atoms with van der Waals surface area (Å²) in [6, 6.07) is 13.1. The van der Waals surface area contributed by atoms with Crippen LogP contribution < -0.4 is 10.2 Å². The van der Waals surface area contributed by atoms with Gasteiger partial charge in [0.1, 0.15) is 6.33 Å². The molecule has 0 saturated heterocycles. The topological polar surface area (TPSA) is 89.3 Å². The third-order valence-corrected chi connectivity index (χ3v) is 5.64. The second-order valence-corrected chi connectivity index (χ2v) is 7.84. The van der Waals surface area contributed by atoms with Crippen molar-refractivity contribution in [2.45, 2.75) is 25.9 Å². The molecule has 1 aromatic heterocycles. The maximum Gasteiger partial charge on any atom is 0.413 e. The molecule has 0 radical (unpaired) electrons. The molecular formula is C22H25N5O3S. The van der Waals surface area contributed by atoms with Crippen LogP contribution in [0.3, 0.4) is 0 Å². The number of hydrogen-bond donors (Lipinski definition) is 1. The zero-order valence-electron chi connectivity index (χ0n) is 18.0. The van der Waals surface area contributed by atoms with E-state index in [9.17, 15) is 9.59 Å². The molecule has 31 heavy (non-hydrogen) atoms. The van der Waals surface area contributed by atoms with Crippen molar-refractivity contribution in [2.75, 3.05) is 29.6 Å². The fraction of sp³-hybridized carbons (Fsp3) is 0.273. The van der Waals surface area contributed by atoms with E-state index in [0.29, 0.717) is 23.1 Å². The summed E-state index contributed by atoms with van der Waals surface area (Å²) >= 11 is 1.31. The van der Waals surface area contributed by atoms with E-state index in [4.69, 9.17) is 4.74 Å². The van der Waals surface area contributed by atoms with Crippen LogP contribution in [0.2, 0.25) is 0 Å². The van der Waals surface area contributed by atoms with Crippen molar-refractivity contribution < 1.29 is 14.3 Å². The summed E-state index contributed by atoms with van der Waals surface area (Å²) in [5, 5.41) is 11.6. The minimum absolute atomic E-state index is 0.161. The zero-order valence-corrected chi connectivity index (χ0v) is 18.8. The molecular weight excluding hydrogens is 414 g/mol. The van der Waals surface area contributed by atoms with E-state index in [0.717, 1.165) is 5.69 Å². The number of ether oxygens (including phenoxy) is 1. The van der Waals surface area contributed by atoms with Gasteiger partial charge in [0.2, 0.25) is 5.91 Å². The van der Waals surface area contributed by atoms with Crippen LogP contribution in [-0.4, -0.2) is 46.2 Å². The number of benzene rings is 2. The molecule has 3 rings (SSSR count). The summed E-state index contributed by atoms with van der Waals surface area (Å²) in [7, 11) is 1.63. The molecule has 0 bridgehead atoms. The number of rotatable bonds is 7. The summed E-state index contributed by atoms with van der Waals surface area (Å²) in [6.45, 7) is 6.19. The Labute approximate surface area is 185 Å². The lowest BCUT2D eigenvalue weighted by molar-refractivity contribution is -0.113. The molecule has 0 aliphatic carbocycles. The molecule has 0 saturated carbocycles. The van der Waals surface area contributed by atoms with Crippen LogP contribution in [0, 0.1) is 13.8 Å². The maximum absolute atomic E-state index is 12.4. The highest BCUT2D eigenvalue weighted by Crippen LogP contribution is 2.22. The Hall–Kier alpha value is -3.33. The number of carbonyl (C=O) groups is 2. The number of thioether (sulfide) groups is 1. The molecule has 3 aromatic rings. The van der Waals surface area contributed by atoms with E-state index < -0.39 is 6.09 Å². The van der Waals surface area contributed by atoms with Gasteiger partial charge < -0.3 is 10.1 Å². The van der Waals surface area contributed by atoms with Crippen LogP contribution in [0.4, 0.5) is 16.2 Å². The van der Waals surface area contributed by atoms with Gasteiger partial charge in [-0.15, -0.1) is 10.2 Å². The Bertz CT molecular complexity index is 1070. The van der Waals surface area contributed by atoms with Gasteiger partial charge in [-0.1, -0.05) is 17.8 Å². The summed E-state index contributed by atoms with van der Waals surface area (Å²) in [6.07, 6.45) is 1.21. The van der Waals surface area contributed by atoms with Crippen molar-refractivity contribution >= 4 is 35.1 Å². The van der Waals surface area contributed by atoms with Crippen molar-refractivity contribution in [3.63, 3.8) is 0 Å². The molecule has 8 nitrogen and oxygen atoms in total. The molecule has 1 N–H and O–H groups in total. The maximum atomic E-state index is 12.4. The van der Waals surface area contributed by atoms with Crippen LogP contribution >= 0.6 is 11.8 Å². The zero-order chi connectivity index (χ0) is 22.4. The molecule has 1 heterocycles. The highest BCUT2D eigenvalue weighted by molar-refractivity contribution is 7.99. The predicted octanol–water partition coefficient (Wildman–Crippen LogP) is 4.21. The van der Waals surface area contributed by atoms with E-state index in [1.54, 1.807) is 44.6 Å². The normalized spacial score (nSPS) is 10.6. The smallest absolute Gasteiger partial charge is 0.413 e. The van der Waals surface area contributed by atoms with E-state index in [1.165, 1.54) is 27.8 Å². The van der Waals surface area contributed by atoms with Crippen LogP contribution in [0.1, 0.15) is 18.1 Å². The lowest BCUT2D eigenvalue weighted by Crippen LogP contribution is -2.26. The van der Waals surface area contributed by atoms with Crippen molar-refractivity contribution in [1.82, 2.24) is 14.8 Å². The van der Waals surface area contributed by atoms with E-state index in [1.807, 2.05) is 10.6 Å². The number of nitrogens with zero attached hydrogens (tertiary/aromatic N) is 4. The van der Waals surface area contributed by atoms with E-state index in [2.05, 4.69) is 41.5 Å². The molecule has 2 aromatic carbocycles. The Balaban J connectivity index is 1.58. The van der Waals surface area contributed by atoms with Crippen molar-refractivity contribution in [2.24, 2.45) is 0 Å². The molecule has 162 valence electrons. The number of carbonyl (C=O) groups excluding carboxylic acids is 2. The molecule has 0 spiro atoms. The van der Waals surface area contributed by atoms with Crippen LogP contribution in [0.25, 0.3) is 5.69 Å². The molecule has 0 aliphatic rings. The summed E-state index contributed by atoms with van der Waals surface area (Å²) in [4.78, 5) is 25.6. The Morgan fingerprint density at radius 1 is 1.13 bits per heavy atom. The number of amides is 2. The van der Waals surface area contributed by atoms with Crippen LogP contribution in [0.5, 0.6) is 0 Å². The van der Waals surface area contributed by atoms with Gasteiger partial charge in [0.25, 0.3) is 0 Å². The minimum Gasteiger partial charge on any atom is -0.449 e. The fourth-order valence-corrected chi connectivity index (χ4v) is 3.53. The molecule has 0 unspecified atom stereocenters. The van der Waals surface area contributed by atoms with Crippen LogP contribution in [-0.2, 0) is 9.53 Å². The fourth-order valence-electron chi connectivity index (χ4n) is 2.80. The average molecular weight is 440 g/mol. The Morgan fingerprint density at radius 2 is 1.87 bits per heavy atom. The molecule has 9 heteroatoms. The van der Waals surface area contributed by atoms with E-state index >= 15 is 0 Å². The number of anilines is 2. The van der Waals surface area contributed by atoms with Crippen molar-refractivity contribution in [1.29, 1.82) is 0 Å². The molecule has 2 amide bonds. The standard InChI is InChI=1S/C22H25N5O3S/c1-5-30-22(29)26(4)18-10-7-17(8-11-18)24-20(28)13-31-21-25-23-14-27(21)19-9-6-15(2)16(3)12-19/h6-12,14H,5,13H2,1-4H3,(H,24,28). The monoisotopic (exact) mass is 439 g/mol. The average Bonchev–Trinajstić information content (AvgIpc) is 3.23. The summed E-state index contributed by atoms with van der Waals surface area (Å²) in [5.74, 6) is 0.0275. The third kappa shape index (κ3) is 5.64. The highest BCUT2D eigenvalue weighted by atomic mass is 32.2. The SMILES string of the molecule is CCOC(=O)N(C)c1ccc(NC(=O)CSc2nncn2-c2ccc(C)c(C)c2)cc1. The van der Waals surface area contributed by atoms with Gasteiger partial charge in [0.15, 0.2) is 5.16 Å². The van der Waals surface area contributed by atoms with E-state index in [-0.39, 0.29) is 11.7 Å². The molecule has 0 aliphatic heterocycles. The van der Waals surface area contributed by atoms with Gasteiger partial charge in [-0.25, -0.2) is 4.79 Å². The first-order chi connectivity index (χ1) is 14.9. The molecule has 0 atom stereocenters. The first kappa shape index (κ1) is 22.4. The lowest BCUT2D eigenvalue weighted by atomic mass is 10.1. The third-order valence-electron chi connectivity index (χ3n) is 4.70. The second-order valence-electron chi connectivity index (χ2n) is 6.89. The first-order valence-corrected chi connectivity index (χ1v) is 10.8. The predicted molar refractivity (Wildman–Crippen MR) is 122 cm³/mol. The summed E-state index contributed by atoms with van der Waals surface area (Å²) < 4.78 is 6.84. The van der Waals surface area contributed by atoms with Crippen molar-refractivity contribution in [3.05, 3.63) is 59.9 Å². The molecule has 0 fully saturated rings. The first-order valence-electron chi connectivity index (χ1n) is 9.80. The minimum atomic E-state index is -0.427. The Kier molecular flexibility index (Phi) is 7.30.